The number of aliphatic hydroxyl groups excluding tert-OH is 3. The number of benzene rings is 1. The Morgan fingerprint density at radius 2 is 1.82 bits per heavy atom. The fraction of sp³-hybridized carbons (Fsp3) is 0.357. The van der Waals surface area contributed by atoms with Crippen molar-refractivity contribution in [3.05, 3.63) is 40.0 Å². The third-order valence-corrected chi connectivity index (χ3v) is 4.03. The standard InChI is InChI=1S/C14H17Cl2N3O3/c15-10-1-2-11(12(16)3-10)13-9(5-18-19-13)4-17-14(6-20,7-21)8-22/h1-3,5,17,20-22H,4,6-8H2,(H,18,19). The van der Waals surface area contributed by atoms with E-state index in [2.05, 4.69) is 15.5 Å². The van der Waals surface area contributed by atoms with Crippen LogP contribution in [-0.2, 0) is 6.54 Å². The van der Waals surface area contributed by atoms with Crippen LogP contribution in [0.2, 0.25) is 10.0 Å². The molecule has 1 aromatic carbocycles. The smallest absolute Gasteiger partial charge is 0.0884 e. The van der Waals surface area contributed by atoms with Gasteiger partial charge in [-0.1, -0.05) is 23.2 Å². The van der Waals surface area contributed by atoms with Gasteiger partial charge in [-0.2, -0.15) is 5.10 Å². The molecule has 8 heteroatoms. The number of aromatic amines is 1. The van der Waals surface area contributed by atoms with E-state index in [4.69, 9.17) is 23.2 Å². The molecule has 0 aliphatic heterocycles. The molecular weight excluding hydrogens is 329 g/mol. The van der Waals surface area contributed by atoms with Gasteiger partial charge < -0.3 is 20.6 Å². The fourth-order valence-electron chi connectivity index (χ4n) is 1.97. The highest BCUT2D eigenvalue weighted by atomic mass is 35.5. The Hall–Kier alpha value is -1.15. The lowest BCUT2D eigenvalue weighted by molar-refractivity contribution is 0.0414. The molecule has 0 fully saturated rings. The normalized spacial score (nSPS) is 11.9. The molecule has 0 unspecified atom stereocenters. The number of hydrogen-bond donors (Lipinski definition) is 5. The Labute approximate surface area is 137 Å². The van der Waals surface area contributed by atoms with Crippen molar-refractivity contribution in [1.82, 2.24) is 15.5 Å². The predicted molar refractivity (Wildman–Crippen MR) is 84.9 cm³/mol. The van der Waals surface area contributed by atoms with Gasteiger partial charge in [0.25, 0.3) is 0 Å². The molecule has 1 aromatic heterocycles. The van der Waals surface area contributed by atoms with E-state index in [-0.39, 0.29) is 6.54 Å². The van der Waals surface area contributed by atoms with Crippen LogP contribution in [0.15, 0.2) is 24.4 Å². The minimum absolute atomic E-state index is 0.284. The van der Waals surface area contributed by atoms with E-state index in [1.54, 1.807) is 24.4 Å². The number of nitrogens with zero attached hydrogens (tertiary/aromatic N) is 1. The third kappa shape index (κ3) is 3.60. The Morgan fingerprint density at radius 1 is 1.14 bits per heavy atom. The van der Waals surface area contributed by atoms with Crippen LogP contribution in [0.4, 0.5) is 0 Å². The average Bonchev–Trinajstić information content (AvgIpc) is 2.97. The topological polar surface area (TPSA) is 101 Å². The van der Waals surface area contributed by atoms with Gasteiger partial charge >= 0.3 is 0 Å². The Bertz CT molecular complexity index is 621. The minimum atomic E-state index is -1.15. The molecule has 120 valence electrons. The largest absolute Gasteiger partial charge is 0.394 e. The first-order valence-electron chi connectivity index (χ1n) is 6.60. The maximum absolute atomic E-state index is 9.32. The first-order valence-corrected chi connectivity index (χ1v) is 7.36. The monoisotopic (exact) mass is 345 g/mol. The Balaban J connectivity index is 2.23. The molecule has 2 rings (SSSR count). The summed E-state index contributed by atoms with van der Waals surface area (Å²) in [6.45, 7) is -0.898. The van der Waals surface area contributed by atoms with Crippen LogP contribution in [0.5, 0.6) is 0 Å². The Kier molecular flexibility index (Phi) is 5.80. The van der Waals surface area contributed by atoms with Crippen molar-refractivity contribution in [2.45, 2.75) is 12.1 Å². The second-order valence-corrected chi connectivity index (χ2v) is 5.85. The zero-order valence-corrected chi connectivity index (χ0v) is 13.2. The Morgan fingerprint density at radius 3 is 2.41 bits per heavy atom. The van der Waals surface area contributed by atoms with Gasteiger partial charge in [-0.15, -0.1) is 0 Å². The molecule has 2 aromatic rings. The van der Waals surface area contributed by atoms with E-state index in [1.165, 1.54) is 0 Å². The van der Waals surface area contributed by atoms with E-state index in [1.807, 2.05) is 0 Å². The molecule has 0 spiro atoms. The number of nitrogens with one attached hydrogen (secondary N) is 2. The van der Waals surface area contributed by atoms with Gasteiger partial charge in [0, 0.05) is 22.7 Å². The number of hydrogen-bond acceptors (Lipinski definition) is 5. The highest BCUT2D eigenvalue weighted by Gasteiger charge is 2.27. The quantitative estimate of drug-likeness (QED) is 0.518. The molecule has 0 aliphatic carbocycles. The number of aliphatic hydroxyl groups is 3. The van der Waals surface area contributed by atoms with Gasteiger partial charge in [0.05, 0.1) is 42.3 Å². The SMILES string of the molecule is OCC(CO)(CO)NCc1cn[nH]c1-c1ccc(Cl)cc1Cl. The summed E-state index contributed by atoms with van der Waals surface area (Å²) in [5.41, 5.74) is 1.07. The van der Waals surface area contributed by atoms with E-state index >= 15 is 0 Å². The fourth-order valence-corrected chi connectivity index (χ4v) is 2.47. The zero-order valence-electron chi connectivity index (χ0n) is 11.7. The summed E-state index contributed by atoms with van der Waals surface area (Å²) in [7, 11) is 0. The lowest BCUT2D eigenvalue weighted by Gasteiger charge is -2.28. The molecule has 0 amide bonds. The molecule has 22 heavy (non-hydrogen) atoms. The maximum atomic E-state index is 9.32. The van der Waals surface area contributed by atoms with Crippen molar-refractivity contribution in [3.8, 4) is 11.3 Å². The number of aromatic nitrogens is 2. The van der Waals surface area contributed by atoms with Crippen molar-refractivity contribution in [2.24, 2.45) is 0 Å². The summed E-state index contributed by atoms with van der Waals surface area (Å²) >= 11 is 12.1. The highest BCUT2D eigenvalue weighted by Crippen LogP contribution is 2.31. The van der Waals surface area contributed by atoms with Crippen LogP contribution in [0.1, 0.15) is 5.56 Å². The summed E-state index contributed by atoms with van der Waals surface area (Å²) in [4.78, 5) is 0. The minimum Gasteiger partial charge on any atom is -0.394 e. The summed E-state index contributed by atoms with van der Waals surface area (Å²) < 4.78 is 0. The number of halogens is 2. The predicted octanol–water partition coefficient (Wildman–Crippen LogP) is 1.19. The lowest BCUT2D eigenvalue weighted by Crippen LogP contribution is -2.54. The summed E-state index contributed by atoms with van der Waals surface area (Å²) in [5, 5.41) is 38.8. The molecule has 5 N–H and O–H groups in total. The van der Waals surface area contributed by atoms with Gasteiger partial charge in [0.15, 0.2) is 0 Å². The summed E-state index contributed by atoms with van der Waals surface area (Å²) in [6, 6.07) is 5.13. The molecule has 0 aliphatic rings. The van der Waals surface area contributed by atoms with Crippen LogP contribution in [0.25, 0.3) is 11.3 Å². The van der Waals surface area contributed by atoms with Crippen molar-refractivity contribution < 1.29 is 15.3 Å². The summed E-state index contributed by atoms with van der Waals surface area (Å²) in [5.74, 6) is 0. The second-order valence-electron chi connectivity index (χ2n) is 5.00. The third-order valence-electron chi connectivity index (χ3n) is 3.48. The van der Waals surface area contributed by atoms with Gasteiger partial charge in [0.1, 0.15) is 0 Å². The molecule has 0 saturated heterocycles. The maximum Gasteiger partial charge on any atom is 0.0884 e. The zero-order chi connectivity index (χ0) is 16.2. The van der Waals surface area contributed by atoms with E-state index in [0.29, 0.717) is 15.7 Å². The molecule has 0 atom stereocenters. The number of rotatable bonds is 7. The van der Waals surface area contributed by atoms with Crippen LogP contribution < -0.4 is 5.32 Å². The van der Waals surface area contributed by atoms with Gasteiger partial charge in [-0.3, -0.25) is 5.10 Å². The first kappa shape index (κ1) is 17.2. The molecule has 1 heterocycles. The lowest BCUT2D eigenvalue weighted by atomic mass is 10.0. The van der Waals surface area contributed by atoms with Crippen LogP contribution >= 0.6 is 23.2 Å². The first-order chi connectivity index (χ1) is 10.5. The molecule has 0 bridgehead atoms. The van der Waals surface area contributed by atoms with Gasteiger partial charge in [-0.05, 0) is 18.2 Å². The molecule has 6 nitrogen and oxygen atoms in total. The highest BCUT2D eigenvalue weighted by molar-refractivity contribution is 6.36. The van der Waals surface area contributed by atoms with Crippen LogP contribution in [0.3, 0.4) is 0 Å². The molecular formula is C14H17Cl2N3O3. The van der Waals surface area contributed by atoms with E-state index in [9.17, 15) is 15.3 Å². The molecule has 0 radical (unpaired) electrons. The number of H-pyrrole nitrogens is 1. The van der Waals surface area contributed by atoms with Crippen molar-refractivity contribution in [1.29, 1.82) is 0 Å². The molecule has 0 saturated carbocycles. The van der Waals surface area contributed by atoms with Crippen LogP contribution in [-0.4, -0.2) is 50.9 Å². The van der Waals surface area contributed by atoms with Crippen molar-refractivity contribution in [3.63, 3.8) is 0 Å². The van der Waals surface area contributed by atoms with Gasteiger partial charge in [0.2, 0.25) is 0 Å². The van der Waals surface area contributed by atoms with Crippen molar-refractivity contribution >= 4 is 23.2 Å². The second kappa shape index (κ2) is 7.41. The van der Waals surface area contributed by atoms with Gasteiger partial charge in [-0.25, -0.2) is 0 Å². The summed E-state index contributed by atoms with van der Waals surface area (Å²) in [6.07, 6.45) is 1.62. The van der Waals surface area contributed by atoms with E-state index in [0.717, 1.165) is 11.1 Å². The van der Waals surface area contributed by atoms with E-state index < -0.39 is 25.4 Å². The van der Waals surface area contributed by atoms with Crippen LogP contribution in [0, 0.1) is 0 Å². The average molecular weight is 346 g/mol. The van der Waals surface area contributed by atoms with Crippen molar-refractivity contribution in [2.75, 3.05) is 19.8 Å².